The van der Waals surface area contributed by atoms with Crippen molar-refractivity contribution in [1.82, 2.24) is 0 Å². The van der Waals surface area contributed by atoms with E-state index in [-0.39, 0.29) is 36.1 Å². The van der Waals surface area contributed by atoms with Crippen LogP contribution >= 0.6 is 0 Å². The fourth-order valence-electron chi connectivity index (χ4n) is 8.95. The summed E-state index contributed by atoms with van der Waals surface area (Å²) in [6, 6.07) is 0. The van der Waals surface area contributed by atoms with Crippen molar-refractivity contribution in [2.45, 2.75) is 78.1 Å². The van der Waals surface area contributed by atoms with Gasteiger partial charge < -0.3 is 0 Å². The van der Waals surface area contributed by atoms with Crippen molar-refractivity contribution in [2.75, 3.05) is 0 Å². The average molecular weight is 512 g/mol. The Labute approximate surface area is 186 Å². The zero-order valence-corrected chi connectivity index (χ0v) is 18.4. The van der Waals surface area contributed by atoms with Crippen LogP contribution in [0.1, 0.15) is 53.4 Å². The highest BCUT2D eigenvalue weighted by molar-refractivity contribution is 5.70. The second kappa shape index (κ2) is 5.33. The van der Waals surface area contributed by atoms with Crippen molar-refractivity contribution in [2.24, 2.45) is 32.5 Å². The summed E-state index contributed by atoms with van der Waals surface area (Å²) in [7, 11) is 0. The summed E-state index contributed by atoms with van der Waals surface area (Å²) >= 11 is 0. The van der Waals surface area contributed by atoms with E-state index in [9.17, 15) is 52.7 Å². The first-order chi connectivity index (χ1) is 14.9. The molecule has 0 saturated heterocycles. The second-order valence-corrected chi connectivity index (χ2v) is 11.4. The van der Waals surface area contributed by atoms with Crippen molar-refractivity contribution in [3.8, 4) is 0 Å². The summed E-state index contributed by atoms with van der Waals surface area (Å²) < 4.78 is 169. The Morgan fingerprint density at radius 2 is 0.706 bits per heavy atom. The minimum Gasteiger partial charge on any atom is -0.170 e. The first-order valence-corrected chi connectivity index (χ1v) is 10.6. The van der Waals surface area contributed by atoms with E-state index >= 15 is 0 Å². The fraction of sp³-hybridized carbons (Fsp3) is 0.818. The molecule has 4 unspecified atom stereocenters. The predicted molar refractivity (Wildman–Crippen MR) is 94.0 cm³/mol. The first-order valence-electron chi connectivity index (χ1n) is 10.6. The van der Waals surface area contributed by atoms with Gasteiger partial charge in [0.2, 0.25) is 0 Å². The monoisotopic (exact) mass is 512 g/mol. The third-order valence-corrected chi connectivity index (χ3v) is 10.5. The molecule has 8 aliphatic carbocycles. The Balaban J connectivity index is 1.78. The smallest absolute Gasteiger partial charge is 0.170 e. The topological polar surface area (TPSA) is 0 Å². The van der Waals surface area contributed by atoms with Crippen LogP contribution in [0.2, 0.25) is 0 Å². The molecule has 4 atom stereocenters. The predicted octanol–water partition coefficient (Wildman–Crippen LogP) is 8.46. The van der Waals surface area contributed by atoms with Crippen molar-refractivity contribution in [3.05, 3.63) is 22.3 Å². The third kappa shape index (κ3) is 1.91. The lowest BCUT2D eigenvalue weighted by Gasteiger charge is -2.43. The number of hydrogen-bond donors (Lipinski definition) is 0. The van der Waals surface area contributed by atoms with Crippen LogP contribution in [-0.2, 0) is 0 Å². The summed E-state index contributed by atoms with van der Waals surface area (Å²) in [5.41, 5.74) is -17.2. The summed E-state index contributed by atoms with van der Waals surface area (Å²) in [5, 5.41) is 0. The van der Waals surface area contributed by atoms with Gasteiger partial charge in [0.25, 0.3) is 0 Å². The molecule has 4 fully saturated rings. The highest BCUT2D eigenvalue weighted by Gasteiger charge is 2.96. The lowest BCUT2D eigenvalue weighted by atomic mass is 9.66. The number of halogens is 12. The van der Waals surface area contributed by atoms with E-state index in [1.165, 1.54) is 13.8 Å². The van der Waals surface area contributed by atoms with E-state index < -0.39 is 82.9 Å². The minimum atomic E-state index is -5.73. The molecule has 0 radical (unpaired) electrons. The fourth-order valence-corrected chi connectivity index (χ4v) is 8.95. The Hall–Kier alpha value is -1.36. The Bertz CT molecular complexity index is 965. The van der Waals surface area contributed by atoms with E-state index in [0.717, 1.165) is 0 Å². The maximum Gasteiger partial charge on any atom is 0.403 e. The average Bonchev–Trinajstić information content (AvgIpc) is 3.10. The molecule has 34 heavy (non-hydrogen) atoms. The standard InChI is InChI=1S/C22H20F12/c1-13-5-9-7-17(13,15(3,19(23,24)25)20(26,27)28)11(13)10-6-14(2)12(9)18(14,8-10)16(4,21(29,30)31)22(32,33)34/h5-8H2,1-4H3/b11-10-,12-9-. The van der Waals surface area contributed by atoms with Gasteiger partial charge in [0.05, 0.1) is 0 Å². The SMILES string of the molecule is CC12C/C3=C4\C5(C)C/C(=C\1C2(C(C)(C(F)(F)F)C(F)(F)F)C3)CC45C(C)(C(F)(F)F)C(F)(F)F. The van der Waals surface area contributed by atoms with Crippen molar-refractivity contribution < 1.29 is 52.7 Å². The Morgan fingerprint density at radius 3 is 0.912 bits per heavy atom. The zero-order valence-electron chi connectivity index (χ0n) is 18.4. The molecule has 0 aromatic heterocycles. The molecule has 0 nitrogen and oxygen atoms in total. The van der Waals surface area contributed by atoms with Gasteiger partial charge in [-0.05, 0) is 39.5 Å². The van der Waals surface area contributed by atoms with E-state index in [1.54, 1.807) is 0 Å². The highest BCUT2D eigenvalue weighted by atomic mass is 19.4. The normalized spacial score (nSPS) is 43.8. The van der Waals surface area contributed by atoms with Crippen LogP contribution in [0, 0.1) is 32.5 Å². The number of allylic oxidation sites excluding steroid dienone is 4. The number of alkyl halides is 12. The first kappa shape index (κ1) is 24.3. The van der Waals surface area contributed by atoms with Gasteiger partial charge in [0, 0.05) is 21.7 Å². The van der Waals surface area contributed by atoms with E-state index in [2.05, 4.69) is 0 Å². The van der Waals surface area contributed by atoms with Gasteiger partial charge in [0.15, 0.2) is 10.8 Å². The molecule has 0 spiro atoms. The molecule has 192 valence electrons. The summed E-state index contributed by atoms with van der Waals surface area (Å²) in [6.45, 7) is 2.61. The molecule has 0 aromatic carbocycles. The maximum absolute atomic E-state index is 14.1. The van der Waals surface area contributed by atoms with E-state index in [1.807, 2.05) is 0 Å². The van der Waals surface area contributed by atoms with E-state index in [4.69, 9.17) is 0 Å². The molecule has 8 bridgehead atoms. The summed E-state index contributed by atoms with van der Waals surface area (Å²) in [5.74, 6) is 0. The van der Waals surface area contributed by atoms with Gasteiger partial charge in [-0.3, -0.25) is 0 Å². The van der Waals surface area contributed by atoms with Crippen molar-refractivity contribution >= 4 is 0 Å². The van der Waals surface area contributed by atoms with Gasteiger partial charge in [-0.1, -0.05) is 36.1 Å². The largest absolute Gasteiger partial charge is 0.403 e. The zero-order chi connectivity index (χ0) is 26.1. The molecule has 12 heteroatoms. The number of rotatable bonds is 2. The molecule has 4 saturated carbocycles. The van der Waals surface area contributed by atoms with Gasteiger partial charge >= 0.3 is 24.7 Å². The van der Waals surface area contributed by atoms with Gasteiger partial charge in [-0.2, -0.15) is 52.7 Å². The van der Waals surface area contributed by atoms with Crippen LogP contribution < -0.4 is 0 Å². The summed E-state index contributed by atoms with van der Waals surface area (Å²) in [4.78, 5) is 0. The minimum absolute atomic E-state index is 0.0710. The van der Waals surface area contributed by atoms with Crippen molar-refractivity contribution in [1.29, 1.82) is 0 Å². The number of hydrogen-bond acceptors (Lipinski definition) is 0. The van der Waals surface area contributed by atoms with Crippen LogP contribution in [-0.4, -0.2) is 24.7 Å². The van der Waals surface area contributed by atoms with Gasteiger partial charge in [-0.25, -0.2) is 0 Å². The van der Waals surface area contributed by atoms with Crippen molar-refractivity contribution in [3.63, 3.8) is 0 Å². The molecule has 0 aromatic rings. The third-order valence-electron chi connectivity index (χ3n) is 10.5. The summed E-state index contributed by atoms with van der Waals surface area (Å²) in [6.07, 6.45) is -25.4. The molecule has 0 aliphatic heterocycles. The molecular formula is C22H20F12. The van der Waals surface area contributed by atoms with Crippen LogP contribution in [0.25, 0.3) is 0 Å². The van der Waals surface area contributed by atoms with Gasteiger partial charge in [0.1, 0.15) is 0 Å². The Morgan fingerprint density at radius 1 is 0.471 bits per heavy atom. The quantitative estimate of drug-likeness (QED) is 0.257. The molecule has 0 heterocycles. The van der Waals surface area contributed by atoms with Crippen LogP contribution in [0.15, 0.2) is 22.3 Å². The molecule has 0 amide bonds. The van der Waals surface area contributed by atoms with Gasteiger partial charge in [-0.15, -0.1) is 0 Å². The Kier molecular flexibility index (Phi) is 3.82. The highest BCUT2D eigenvalue weighted by Crippen LogP contribution is 2.97. The van der Waals surface area contributed by atoms with E-state index in [0.29, 0.717) is 0 Å². The molecule has 8 rings (SSSR count). The van der Waals surface area contributed by atoms with Crippen LogP contribution in [0.3, 0.4) is 0 Å². The molecule has 0 N–H and O–H groups in total. The maximum atomic E-state index is 14.1. The molecular weight excluding hydrogens is 492 g/mol. The second-order valence-electron chi connectivity index (χ2n) is 11.4. The van der Waals surface area contributed by atoms with Crippen LogP contribution in [0.5, 0.6) is 0 Å². The lowest BCUT2D eigenvalue weighted by molar-refractivity contribution is -0.358. The van der Waals surface area contributed by atoms with Crippen LogP contribution in [0.4, 0.5) is 52.7 Å². The lowest BCUT2D eigenvalue weighted by Crippen LogP contribution is -2.55. The molecule has 8 aliphatic rings.